The Bertz CT molecular complexity index is 1080. The van der Waals surface area contributed by atoms with Crippen molar-refractivity contribution in [3.8, 4) is 0 Å². The van der Waals surface area contributed by atoms with Gasteiger partial charge in [-0.25, -0.2) is 18.8 Å². The van der Waals surface area contributed by atoms with Crippen LogP contribution in [0.5, 0.6) is 0 Å². The molecule has 1 aliphatic rings. The van der Waals surface area contributed by atoms with Crippen molar-refractivity contribution < 1.29 is 14.0 Å². The van der Waals surface area contributed by atoms with Crippen LogP contribution in [0.3, 0.4) is 0 Å². The average molecular weight is 450 g/mol. The molecule has 0 radical (unpaired) electrons. The highest BCUT2D eigenvalue weighted by Gasteiger charge is 2.19. The Hall–Kier alpha value is -2.82. The maximum absolute atomic E-state index is 13.4. The van der Waals surface area contributed by atoms with Crippen molar-refractivity contribution in [2.24, 2.45) is 0 Å². The molecule has 0 amide bonds. The van der Waals surface area contributed by atoms with Crippen LogP contribution in [0, 0.1) is 11.2 Å². The molecule has 0 unspecified atom stereocenters. The molecule has 0 saturated carbocycles. The number of aromatic nitrogens is 3. The predicted octanol–water partition coefficient (Wildman–Crippen LogP) is 3.82. The molecule has 11 heteroatoms. The molecule has 0 bridgehead atoms. The second kappa shape index (κ2) is 9.13. The molecule has 4 rings (SSSR count). The molecule has 3 aromatic rings. The minimum absolute atomic E-state index is 0.149. The van der Waals surface area contributed by atoms with E-state index in [0.29, 0.717) is 47.1 Å². The molecule has 4 N–H and O–H groups in total. The van der Waals surface area contributed by atoms with Crippen molar-refractivity contribution in [3.63, 3.8) is 0 Å². The molecule has 1 fully saturated rings. The Morgan fingerprint density at radius 1 is 1.35 bits per heavy atom. The fourth-order valence-corrected chi connectivity index (χ4v) is 3.68. The Morgan fingerprint density at radius 2 is 2.13 bits per heavy atom. The summed E-state index contributed by atoms with van der Waals surface area (Å²) in [5, 5.41) is 22.5. The zero-order valence-corrected chi connectivity index (χ0v) is 17.3. The Labute approximate surface area is 182 Å². The van der Waals surface area contributed by atoms with Crippen LogP contribution in [0.4, 0.5) is 20.4 Å². The van der Waals surface area contributed by atoms with Crippen LogP contribution >= 0.6 is 11.6 Å². The van der Waals surface area contributed by atoms with E-state index in [9.17, 15) is 14.0 Å². The minimum Gasteiger partial charge on any atom is -0.354 e. The third kappa shape index (κ3) is 4.76. The van der Waals surface area contributed by atoms with Gasteiger partial charge in [0.05, 0.1) is 16.2 Å². The van der Waals surface area contributed by atoms with Crippen LogP contribution in [0.25, 0.3) is 11.2 Å². The summed E-state index contributed by atoms with van der Waals surface area (Å²) in [6.45, 7) is 2.86. The fraction of sp³-hybridized carbons (Fsp3) is 0.350. The van der Waals surface area contributed by atoms with Gasteiger partial charge >= 0.3 is 0 Å². The van der Waals surface area contributed by atoms with Gasteiger partial charge in [-0.15, -0.1) is 0 Å². The van der Waals surface area contributed by atoms with Gasteiger partial charge in [0.15, 0.2) is 11.5 Å². The van der Waals surface area contributed by atoms with Gasteiger partial charge < -0.3 is 15.2 Å². The molecule has 8 nitrogen and oxygen atoms in total. The third-order valence-electron chi connectivity index (χ3n) is 5.24. The van der Waals surface area contributed by atoms with Crippen LogP contribution in [0.15, 0.2) is 30.5 Å². The van der Waals surface area contributed by atoms with Crippen molar-refractivity contribution in [1.29, 1.82) is 5.41 Å². The molecule has 0 spiro atoms. The van der Waals surface area contributed by atoms with E-state index in [2.05, 4.69) is 25.2 Å². The first-order valence-corrected chi connectivity index (χ1v) is 10.3. The van der Waals surface area contributed by atoms with Crippen LogP contribution in [-0.4, -0.2) is 63.2 Å². The number of alkyl halides is 1. The minimum atomic E-state index is -0.698. The Morgan fingerprint density at radius 3 is 2.87 bits per heavy atom. The largest absolute Gasteiger partial charge is 0.354 e. The lowest BCUT2D eigenvalue weighted by atomic mass is 10.1. The van der Waals surface area contributed by atoms with Gasteiger partial charge in [-0.2, -0.15) is 4.98 Å². The van der Waals surface area contributed by atoms with Crippen molar-refractivity contribution in [2.75, 3.05) is 36.6 Å². The van der Waals surface area contributed by atoms with Gasteiger partial charge in [0.2, 0.25) is 5.95 Å². The van der Waals surface area contributed by atoms with Crippen molar-refractivity contribution in [3.05, 3.63) is 46.9 Å². The summed E-state index contributed by atoms with van der Waals surface area (Å²) < 4.78 is 26.6. The van der Waals surface area contributed by atoms with Gasteiger partial charge in [-0.1, -0.05) is 11.6 Å². The predicted molar refractivity (Wildman–Crippen MR) is 115 cm³/mol. The quantitative estimate of drug-likeness (QED) is 0.259. The number of imidazole rings is 1. The lowest BCUT2D eigenvalue weighted by Crippen LogP contribution is -2.37. The summed E-state index contributed by atoms with van der Waals surface area (Å²) >= 11 is 5.78. The van der Waals surface area contributed by atoms with Crippen LogP contribution in [-0.2, 0) is 0 Å². The van der Waals surface area contributed by atoms with E-state index in [1.54, 1.807) is 6.07 Å². The number of hydrogen-bond donors (Lipinski definition) is 4. The van der Waals surface area contributed by atoms with Crippen LogP contribution in [0.1, 0.15) is 18.4 Å². The zero-order valence-electron chi connectivity index (χ0n) is 16.6. The maximum Gasteiger partial charge on any atom is 0.202 e. The lowest BCUT2D eigenvalue weighted by Gasteiger charge is -2.28. The van der Waals surface area contributed by atoms with E-state index < -0.39 is 12.0 Å². The first kappa shape index (κ1) is 21.4. The lowest BCUT2D eigenvalue weighted by molar-refractivity contribution is 0.155. The standard InChI is InChI=1S/C20H22ClF2N7O/c21-15-11-13(1-2-16(15)23)30(31)18(24)14-3-6-25-19-17(14)27-20(28-19)26-7-10-29-8-4-12(22)5-9-29/h1-3,6,11-12,24,31H,4-5,7-10H2,(H2,25,26,27,28). The third-order valence-corrected chi connectivity index (χ3v) is 5.53. The summed E-state index contributed by atoms with van der Waals surface area (Å²) in [5.41, 5.74) is 1.36. The first-order valence-electron chi connectivity index (χ1n) is 9.90. The van der Waals surface area contributed by atoms with Gasteiger partial charge in [0.1, 0.15) is 12.0 Å². The molecule has 1 aliphatic heterocycles. The van der Waals surface area contributed by atoms with E-state index in [1.807, 2.05) is 0 Å². The summed E-state index contributed by atoms with van der Waals surface area (Å²) in [4.78, 5) is 13.9. The summed E-state index contributed by atoms with van der Waals surface area (Å²) in [6, 6.07) is 5.24. The van der Waals surface area contributed by atoms with Gasteiger partial charge in [-0.05, 0) is 37.1 Å². The van der Waals surface area contributed by atoms with E-state index in [-0.39, 0.29) is 16.5 Å². The molecule has 1 aromatic carbocycles. The second-order valence-electron chi connectivity index (χ2n) is 7.34. The molecule has 0 atom stereocenters. The number of piperidine rings is 1. The number of aromatic amines is 1. The number of nitrogens with zero attached hydrogens (tertiary/aromatic N) is 4. The summed E-state index contributed by atoms with van der Waals surface area (Å²) in [7, 11) is 0. The number of amidine groups is 1. The number of fused-ring (bicyclic) bond motifs is 1. The monoisotopic (exact) mass is 449 g/mol. The highest BCUT2D eigenvalue weighted by Crippen LogP contribution is 2.25. The maximum atomic E-state index is 13.4. The molecule has 0 aliphatic carbocycles. The highest BCUT2D eigenvalue weighted by atomic mass is 35.5. The highest BCUT2D eigenvalue weighted by molar-refractivity contribution is 6.31. The SMILES string of the molecule is N=C(c1ccnc2nc(NCCN3CCC(F)CC3)[nH]c12)N(O)c1ccc(F)c(Cl)c1. The molecule has 2 aromatic heterocycles. The first-order chi connectivity index (χ1) is 14.9. The Kier molecular flexibility index (Phi) is 6.30. The average Bonchev–Trinajstić information content (AvgIpc) is 3.19. The van der Waals surface area contributed by atoms with E-state index in [0.717, 1.165) is 25.7 Å². The van der Waals surface area contributed by atoms with Crippen molar-refractivity contribution in [1.82, 2.24) is 19.9 Å². The number of hydroxylamine groups is 1. The molecular formula is C20H22ClF2N7O. The summed E-state index contributed by atoms with van der Waals surface area (Å²) in [5.74, 6) is -0.383. The number of pyridine rings is 1. The molecule has 3 heterocycles. The molecule has 164 valence electrons. The molecule has 1 saturated heterocycles. The fourth-order valence-electron chi connectivity index (χ4n) is 3.51. The van der Waals surface area contributed by atoms with Gasteiger partial charge in [-0.3, -0.25) is 10.6 Å². The molecular weight excluding hydrogens is 428 g/mol. The van der Waals surface area contributed by atoms with Crippen molar-refractivity contribution >= 4 is 40.2 Å². The van der Waals surface area contributed by atoms with Gasteiger partial charge in [0, 0.05) is 37.9 Å². The zero-order chi connectivity index (χ0) is 22.0. The Balaban J connectivity index is 1.46. The number of halogens is 3. The topological polar surface area (TPSA) is 104 Å². The number of benzene rings is 1. The normalized spacial score (nSPS) is 15.4. The number of nitrogens with one attached hydrogen (secondary N) is 3. The molecule has 31 heavy (non-hydrogen) atoms. The second-order valence-corrected chi connectivity index (χ2v) is 7.75. The van der Waals surface area contributed by atoms with E-state index in [1.165, 1.54) is 18.3 Å². The number of likely N-dealkylation sites (tertiary alicyclic amines) is 1. The van der Waals surface area contributed by atoms with E-state index >= 15 is 0 Å². The number of hydrogen-bond acceptors (Lipinski definition) is 6. The van der Waals surface area contributed by atoms with E-state index in [4.69, 9.17) is 17.0 Å². The van der Waals surface area contributed by atoms with Crippen LogP contribution in [0.2, 0.25) is 5.02 Å². The number of rotatable bonds is 6. The number of H-pyrrole nitrogens is 1. The van der Waals surface area contributed by atoms with Gasteiger partial charge in [0.25, 0.3) is 0 Å². The van der Waals surface area contributed by atoms with Crippen LogP contribution < -0.4 is 10.4 Å². The number of anilines is 2. The summed E-state index contributed by atoms with van der Waals surface area (Å²) in [6.07, 6.45) is 1.92. The smallest absolute Gasteiger partial charge is 0.202 e. The van der Waals surface area contributed by atoms with Crippen molar-refractivity contribution in [2.45, 2.75) is 19.0 Å².